The summed E-state index contributed by atoms with van der Waals surface area (Å²) < 4.78 is 0.882. The number of carbonyl (C=O) groups is 1. The van der Waals surface area contributed by atoms with E-state index < -0.39 is 17.6 Å². The van der Waals surface area contributed by atoms with Gasteiger partial charge >= 0.3 is 0 Å². The van der Waals surface area contributed by atoms with Crippen LogP contribution in [-0.4, -0.2) is 11.0 Å². The normalized spacial score (nSPS) is 12.2. The molecule has 0 fully saturated rings. The van der Waals surface area contributed by atoms with Crippen LogP contribution in [0.5, 0.6) is 0 Å². The lowest BCUT2D eigenvalue weighted by Gasteiger charge is -2.31. The van der Waals surface area contributed by atoms with Crippen molar-refractivity contribution in [3.63, 3.8) is 0 Å². The molecule has 31 heavy (non-hydrogen) atoms. The van der Waals surface area contributed by atoms with Gasteiger partial charge in [0.15, 0.2) is 5.60 Å². The summed E-state index contributed by atoms with van der Waals surface area (Å²) in [4.78, 5) is 13.8. The Kier molecular flexibility index (Phi) is 6.31. The van der Waals surface area contributed by atoms with Crippen LogP contribution in [0.2, 0.25) is 0 Å². The van der Waals surface area contributed by atoms with Gasteiger partial charge in [-0.05, 0) is 28.3 Å². The van der Waals surface area contributed by atoms with Gasteiger partial charge in [0.05, 0.1) is 6.04 Å². The molecular weight excluding hydrogens is 450 g/mol. The molecule has 1 atom stereocenters. The lowest BCUT2D eigenvalue weighted by Crippen LogP contribution is -2.46. The van der Waals surface area contributed by atoms with Crippen LogP contribution in [0.4, 0.5) is 0 Å². The van der Waals surface area contributed by atoms with Gasteiger partial charge in [0.2, 0.25) is 0 Å². The molecule has 4 heteroatoms. The highest BCUT2D eigenvalue weighted by atomic mass is 79.9. The van der Waals surface area contributed by atoms with E-state index in [0.29, 0.717) is 11.1 Å². The molecule has 154 valence electrons. The van der Waals surface area contributed by atoms with Gasteiger partial charge in [0.1, 0.15) is 0 Å². The number of carbonyl (C=O) groups excluding carboxylic acids is 1. The summed E-state index contributed by atoms with van der Waals surface area (Å²) in [5, 5.41) is 14.9. The molecule has 3 nitrogen and oxygen atoms in total. The highest BCUT2D eigenvalue weighted by Gasteiger charge is 2.41. The number of amides is 1. The fourth-order valence-electron chi connectivity index (χ4n) is 3.72. The van der Waals surface area contributed by atoms with Crippen molar-refractivity contribution in [1.82, 2.24) is 5.32 Å². The van der Waals surface area contributed by atoms with Crippen LogP contribution in [0, 0.1) is 0 Å². The fourth-order valence-corrected chi connectivity index (χ4v) is 4.23. The summed E-state index contributed by atoms with van der Waals surface area (Å²) in [6.45, 7) is 0. The summed E-state index contributed by atoms with van der Waals surface area (Å²) in [5.41, 5.74) is 1.02. The van der Waals surface area contributed by atoms with Gasteiger partial charge in [-0.2, -0.15) is 0 Å². The average Bonchev–Trinajstić information content (AvgIpc) is 2.84. The van der Waals surface area contributed by atoms with E-state index in [1.165, 1.54) is 0 Å². The van der Waals surface area contributed by atoms with Gasteiger partial charge in [0, 0.05) is 4.47 Å². The van der Waals surface area contributed by atoms with Crippen LogP contribution in [0.15, 0.2) is 120 Å². The molecule has 0 radical (unpaired) electrons. The van der Waals surface area contributed by atoms with E-state index in [4.69, 9.17) is 0 Å². The van der Waals surface area contributed by atoms with Gasteiger partial charge in [-0.1, -0.05) is 125 Å². The number of halogens is 1. The Bertz CT molecular complexity index is 1110. The van der Waals surface area contributed by atoms with Crippen LogP contribution in [0.3, 0.4) is 0 Å². The maximum Gasteiger partial charge on any atom is 0.262 e. The van der Waals surface area contributed by atoms with E-state index in [1.54, 1.807) is 24.3 Å². The van der Waals surface area contributed by atoms with Crippen LogP contribution in [0.1, 0.15) is 28.3 Å². The second-order valence-electron chi connectivity index (χ2n) is 7.28. The summed E-state index contributed by atoms with van der Waals surface area (Å²) in [7, 11) is 0. The second kappa shape index (κ2) is 9.29. The molecule has 0 aromatic heterocycles. The Hall–Kier alpha value is -3.21. The standard InChI is InChI=1S/C27H22BrNO2/c28-24-19-11-10-18-23(24)25(20-12-4-1-5-13-20)29-26(30)27(31,21-14-6-2-7-15-21)22-16-8-3-9-17-22/h1-19,25,31H,(H,29,30). The Labute approximate surface area is 190 Å². The Morgan fingerprint density at radius 3 is 1.68 bits per heavy atom. The first-order chi connectivity index (χ1) is 15.1. The molecule has 4 rings (SSSR count). The highest BCUT2D eigenvalue weighted by molar-refractivity contribution is 9.10. The lowest BCUT2D eigenvalue weighted by atomic mass is 9.84. The van der Waals surface area contributed by atoms with E-state index in [1.807, 2.05) is 91.0 Å². The maximum atomic E-state index is 13.8. The van der Waals surface area contributed by atoms with E-state index in [2.05, 4.69) is 21.2 Å². The van der Waals surface area contributed by atoms with Crippen molar-refractivity contribution in [3.05, 3.63) is 142 Å². The van der Waals surface area contributed by atoms with Crippen LogP contribution in [-0.2, 0) is 10.4 Å². The average molecular weight is 472 g/mol. The van der Waals surface area contributed by atoms with E-state index >= 15 is 0 Å². The van der Waals surface area contributed by atoms with Crippen LogP contribution in [0.25, 0.3) is 0 Å². The molecular formula is C27H22BrNO2. The van der Waals surface area contributed by atoms with E-state index in [-0.39, 0.29) is 0 Å². The second-order valence-corrected chi connectivity index (χ2v) is 8.14. The zero-order valence-electron chi connectivity index (χ0n) is 16.8. The molecule has 0 spiro atoms. The number of hydrogen-bond donors (Lipinski definition) is 2. The highest BCUT2D eigenvalue weighted by Crippen LogP contribution is 2.33. The first kappa shape index (κ1) is 21.0. The number of benzene rings is 4. The molecule has 2 N–H and O–H groups in total. The molecule has 0 heterocycles. The maximum absolute atomic E-state index is 13.8. The summed E-state index contributed by atoms with van der Waals surface area (Å²) in [6, 6.07) is 35.1. The van der Waals surface area contributed by atoms with Gasteiger partial charge < -0.3 is 10.4 Å². The van der Waals surface area contributed by atoms with Gasteiger partial charge in [-0.25, -0.2) is 0 Å². The zero-order valence-corrected chi connectivity index (χ0v) is 18.4. The topological polar surface area (TPSA) is 49.3 Å². The minimum Gasteiger partial charge on any atom is -0.372 e. The summed E-state index contributed by atoms with van der Waals surface area (Å²) in [6.07, 6.45) is 0. The smallest absolute Gasteiger partial charge is 0.262 e. The number of rotatable bonds is 6. The van der Waals surface area contributed by atoms with Crippen molar-refractivity contribution in [2.24, 2.45) is 0 Å². The number of hydrogen-bond acceptors (Lipinski definition) is 2. The summed E-state index contributed by atoms with van der Waals surface area (Å²) in [5.74, 6) is -0.491. The molecule has 1 amide bonds. The van der Waals surface area contributed by atoms with Crippen LogP contribution < -0.4 is 5.32 Å². The molecule has 0 saturated heterocycles. The van der Waals surface area contributed by atoms with Crippen molar-refractivity contribution in [1.29, 1.82) is 0 Å². The Balaban J connectivity index is 1.80. The number of aliphatic hydroxyl groups is 1. The third kappa shape index (κ3) is 4.31. The number of nitrogens with one attached hydrogen (secondary N) is 1. The molecule has 4 aromatic carbocycles. The van der Waals surface area contributed by atoms with Crippen molar-refractivity contribution in [3.8, 4) is 0 Å². The van der Waals surface area contributed by atoms with Crippen LogP contribution >= 0.6 is 15.9 Å². The monoisotopic (exact) mass is 471 g/mol. The van der Waals surface area contributed by atoms with Gasteiger partial charge in [-0.15, -0.1) is 0 Å². The quantitative estimate of drug-likeness (QED) is 0.384. The molecule has 1 unspecified atom stereocenters. The SMILES string of the molecule is O=C(NC(c1ccccc1)c1ccccc1Br)C(O)(c1ccccc1)c1ccccc1. The third-order valence-electron chi connectivity index (χ3n) is 5.34. The van der Waals surface area contributed by atoms with Crippen molar-refractivity contribution in [2.75, 3.05) is 0 Å². The predicted octanol–water partition coefficient (Wildman–Crippen LogP) is 5.59. The summed E-state index contributed by atoms with van der Waals surface area (Å²) >= 11 is 3.61. The molecule has 0 aliphatic rings. The third-order valence-corrected chi connectivity index (χ3v) is 6.06. The minimum atomic E-state index is -1.84. The Morgan fingerprint density at radius 2 is 1.16 bits per heavy atom. The first-order valence-corrected chi connectivity index (χ1v) is 10.8. The van der Waals surface area contributed by atoms with Gasteiger partial charge in [-0.3, -0.25) is 4.79 Å². The minimum absolute atomic E-state index is 0.441. The fraction of sp³-hybridized carbons (Fsp3) is 0.0741. The van der Waals surface area contributed by atoms with E-state index in [9.17, 15) is 9.90 Å². The molecule has 0 aliphatic heterocycles. The van der Waals surface area contributed by atoms with Crippen molar-refractivity contribution >= 4 is 21.8 Å². The van der Waals surface area contributed by atoms with Gasteiger partial charge in [0.25, 0.3) is 5.91 Å². The lowest BCUT2D eigenvalue weighted by molar-refractivity contribution is -0.137. The first-order valence-electron chi connectivity index (χ1n) is 10.0. The molecule has 4 aromatic rings. The van der Waals surface area contributed by atoms with Crippen molar-refractivity contribution in [2.45, 2.75) is 11.6 Å². The molecule has 0 aliphatic carbocycles. The largest absolute Gasteiger partial charge is 0.372 e. The molecule has 0 bridgehead atoms. The molecule has 0 saturated carbocycles. The van der Waals surface area contributed by atoms with Crippen molar-refractivity contribution < 1.29 is 9.90 Å². The predicted molar refractivity (Wildman–Crippen MR) is 126 cm³/mol. The Morgan fingerprint density at radius 1 is 0.710 bits per heavy atom. The van der Waals surface area contributed by atoms with E-state index in [0.717, 1.165) is 15.6 Å². The zero-order chi connectivity index (χ0) is 21.7.